The van der Waals surface area contributed by atoms with Crippen LogP contribution in [0.1, 0.15) is 31.6 Å². The highest BCUT2D eigenvalue weighted by Crippen LogP contribution is 2.45. The van der Waals surface area contributed by atoms with Crippen LogP contribution >= 0.6 is 0 Å². The first-order chi connectivity index (χ1) is 13.5. The predicted molar refractivity (Wildman–Crippen MR) is 104 cm³/mol. The number of aryl methyl sites for hydroxylation is 1. The van der Waals surface area contributed by atoms with E-state index < -0.39 is 6.17 Å². The van der Waals surface area contributed by atoms with Crippen molar-refractivity contribution in [2.75, 3.05) is 11.9 Å². The van der Waals surface area contributed by atoms with Gasteiger partial charge in [-0.3, -0.25) is 0 Å². The molecule has 0 amide bonds. The highest BCUT2D eigenvalue weighted by Gasteiger charge is 2.44. The fourth-order valence-corrected chi connectivity index (χ4v) is 4.88. The van der Waals surface area contributed by atoms with E-state index in [1.807, 2.05) is 18.0 Å². The number of alkyl halides is 1. The fourth-order valence-electron chi connectivity index (χ4n) is 4.88. The van der Waals surface area contributed by atoms with E-state index in [0.717, 1.165) is 25.7 Å². The molecule has 0 unspecified atom stereocenters. The summed E-state index contributed by atoms with van der Waals surface area (Å²) in [5, 5.41) is 18.9. The Kier molecular flexibility index (Phi) is 4.00. The third-order valence-electron chi connectivity index (χ3n) is 6.37. The van der Waals surface area contributed by atoms with E-state index >= 15 is 0 Å². The number of oxazole rings is 1. The van der Waals surface area contributed by atoms with Crippen LogP contribution in [-0.4, -0.2) is 39.5 Å². The van der Waals surface area contributed by atoms with Gasteiger partial charge in [-0.2, -0.15) is 0 Å². The van der Waals surface area contributed by atoms with E-state index in [1.165, 1.54) is 0 Å². The molecule has 1 N–H and O–H groups in total. The highest BCUT2D eigenvalue weighted by molar-refractivity contribution is 5.83. The Morgan fingerprint density at radius 3 is 2.82 bits per heavy atom. The molecule has 146 valence electrons. The second-order valence-electron chi connectivity index (χ2n) is 8.14. The largest absolute Gasteiger partial charge is 0.507 e. The van der Waals surface area contributed by atoms with Crippen LogP contribution in [0.5, 0.6) is 5.75 Å². The monoisotopic (exact) mass is 382 g/mol. The average molecular weight is 382 g/mol. The van der Waals surface area contributed by atoms with Crippen molar-refractivity contribution in [1.82, 2.24) is 15.2 Å². The smallest absolute Gasteiger partial charge is 0.192 e. The van der Waals surface area contributed by atoms with Crippen molar-refractivity contribution in [1.29, 1.82) is 0 Å². The van der Waals surface area contributed by atoms with Gasteiger partial charge in [0.2, 0.25) is 0 Å². The summed E-state index contributed by atoms with van der Waals surface area (Å²) < 4.78 is 20.4. The van der Waals surface area contributed by atoms with Gasteiger partial charge in [0, 0.05) is 25.6 Å². The van der Waals surface area contributed by atoms with Gasteiger partial charge in [0.25, 0.3) is 0 Å². The summed E-state index contributed by atoms with van der Waals surface area (Å²) in [6, 6.07) is 6.77. The van der Waals surface area contributed by atoms with Crippen LogP contribution in [0.15, 0.2) is 28.7 Å². The van der Waals surface area contributed by atoms with Crippen LogP contribution in [0.3, 0.4) is 0 Å². The molecule has 6 nitrogen and oxygen atoms in total. The Labute approximate surface area is 162 Å². The number of nitrogens with zero attached hydrogens (tertiary/aromatic N) is 4. The lowest BCUT2D eigenvalue weighted by Crippen LogP contribution is -2.46. The maximum atomic E-state index is 14.9. The minimum atomic E-state index is -0.814. The Morgan fingerprint density at radius 1 is 1.18 bits per heavy atom. The first-order valence-corrected chi connectivity index (χ1v) is 9.81. The van der Waals surface area contributed by atoms with Gasteiger partial charge in [-0.05, 0) is 55.7 Å². The lowest BCUT2D eigenvalue weighted by molar-refractivity contribution is 0.144. The maximum Gasteiger partial charge on any atom is 0.192 e. The molecule has 2 heterocycles. The van der Waals surface area contributed by atoms with E-state index in [0.29, 0.717) is 40.0 Å². The van der Waals surface area contributed by atoms with Gasteiger partial charge in [0.1, 0.15) is 17.4 Å². The molecule has 5 rings (SSSR count). The second-order valence-corrected chi connectivity index (χ2v) is 8.14. The van der Waals surface area contributed by atoms with E-state index in [4.69, 9.17) is 4.42 Å². The number of aromatic hydroxyl groups is 1. The van der Waals surface area contributed by atoms with Crippen LogP contribution in [0, 0.1) is 18.8 Å². The highest BCUT2D eigenvalue weighted by atomic mass is 19.1. The lowest BCUT2D eigenvalue weighted by atomic mass is 9.83. The third-order valence-corrected chi connectivity index (χ3v) is 6.37. The van der Waals surface area contributed by atoms with Gasteiger partial charge >= 0.3 is 0 Å². The third kappa shape index (κ3) is 2.80. The van der Waals surface area contributed by atoms with E-state index in [-0.39, 0.29) is 17.7 Å². The molecule has 2 saturated carbocycles. The number of hydrogen-bond donors (Lipinski definition) is 1. The minimum Gasteiger partial charge on any atom is -0.507 e. The molecule has 0 saturated heterocycles. The van der Waals surface area contributed by atoms with Gasteiger partial charge in [0.05, 0.1) is 11.7 Å². The van der Waals surface area contributed by atoms with Gasteiger partial charge in [-0.15, -0.1) is 10.2 Å². The molecule has 2 aliphatic carbocycles. The van der Waals surface area contributed by atoms with Crippen LogP contribution in [0.4, 0.5) is 10.2 Å². The van der Waals surface area contributed by atoms with E-state index in [1.54, 1.807) is 25.1 Å². The molecule has 1 aromatic carbocycles. The Morgan fingerprint density at radius 2 is 2.04 bits per heavy atom. The molecular weight excluding hydrogens is 359 g/mol. The average Bonchev–Trinajstić information content (AvgIpc) is 3.26. The predicted octanol–water partition coefficient (Wildman–Crippen LogP) is 4.26. The number of phenols is 1. The summed E-state index contributed by atoms with van der Waals surface area (Å²) in [6.07, 6.45) is 3.23. The molecule has 2 aromatic heterocycles. The summed E-state index contributed by atoms with van der Waals surface area (Å²) in [6.45, 7) is 1.76. The first kappa shape index (κ1) is 17.4. The summed E-state index contributed by atoms with van der Waals surface area (Å²) in [7, 11) is 1.90. The number of aromatic nitrogens is 3. The molecule has 0 radical (unpaired) electrons. The lowest BCUT2D eigenvalue weighted by Gasteiger charge is -2.38. The van der Waals surface area contributed by atoms with Crippen LogP contribution in [0.25, 0.3) is 22.4 Å². The molecule has 0 aliphatic heterocycles. The summed E-state index contributed by atoms with van der Waals surface area (Å²) in [4.78, 5) is 6.14. The zero-order valence-corrected chi connectivity index (χ0v) is 16.0. The van der Waals surface area contributed by atoms with E-state index in [9.17, 15) is 9.50 Å². The SMILES string of the molecule is Cc1nc2cc(O)c(-c3ccc(N(C)[C@@H]4C[C@H]5CC[C@H](C5)[C@@H]4F)nn3)cc2o1. The normalized spacial score (nSPS) is 26.7. The van der Waals surface area contributed by atoms with Crippen molar-refractivity contribution >= 4 is 16.9 Å². The topological polar surface area (TPSA) is 75.3 Å². The van der Waals surface area contributed by atoms with Crippen molar-refractivity contribution in [2.24, 2.45) is 11.8 Å². The Balaban J connectivity index is 1.42. The zero-order valence-electron chi connectivity index (χ0n) is 16.0. The molecule has 2 bridgehead atoms. The van der Waals surface area contributed by atoms with Crippen molar-refractivity contribution in [3.63, 3.8) is 0 Å². The number of benzene rings is 1. The molecule has 2 aliphatic rings. The first-order valence-electron chi connectivity index (χ1n) is 9.81. The fraction of sp³-hybridized carbons (Fsp3) is 0.476. The van der Waals surface area contributed by atoms with Crippen molar-refractivity contribution in [3.05, 3.63) is 30.2 Å². The standard InChI is InChI=1S/C21H23FN4O2/c1-11-23-16-10-18(27)14(9-19(16)28-11)15-5-6-20(25-24-15)26(2)17-8-12-3-4-13(7-12)21(17)22/h5-6,9-10,12-13,17,21,27H,3-4,7-8H2,1-2H3/t12-,13+,17+,21-/m0/s1. The zero-order chi connectivity index (χ0) is 19.4. The molecule has 28 heavy (non-hydrogen) atoms. The second kappa shape index (κ2) is 6.43. The number of anilines is 1. The quantitative estimate of drug-likeness (QED) is 0.729. The van der Waals surface area contributed by atoms with Crippen molar-refractivity contribution < 1.29 is 13.9 Å². The minimum absolute atomic E-state index is 0.0730. The summed E-state index contributed by atoms with van der Waals surface area (Å²) in [5.41, 5.74) is 2.26. The van der Waals surface area contributed by atoms with Crippen molar-refractivity contribution in [2.45, 2.75) is 44.8 Å². The molecule has 0 spiro atoms. The summed E-state index contributed by atoms with van der Waals surface area (Å²) >= 11 is 0. The van der Waals surface area contributed by atoms with Crippen LogP contribution in [0.2, 0.25) is 0 Å². The van der Waals surface area contributed by atoms with E-state index in [2.05, 4.69) is 15.2 Å². The van der Waals surface area contributed by atoms with Gasteiger partial charge in [-0.25, -0.2) is 9.37 Å². The molecule has 3 aromatic rings. The Hall–Kier alpha value is -2.70. The number of rotatable bonds is 3. The van der Waals surface area contributed by atoms with Crippen molar-refractivity contribution in [3.8, 4) is 17.0 Å². The molecule has 4 atom stereocenters. The van der Waals surface area contributed by atoms with Gasteiger partial charge in [-0.1, -0.05) is 0 Å². The van der Waals surface area contributed by atoms with Gasteiger partial charge < -0.3 is 14.4 Å². The Bertz CT molecular complexity index is 1020. The number of fused-ring (bicyclic) bond motifs is 3. The van der Waals surface area contributed by atoms with Crippen LogP contribution < -0.4 is 4.90 Å². The van der Waals surface area contributed by atoms with Gasteiger partial charge in [0.15, 0.2) is 17.3 Å². The number of hydrogen-bond acceptors (Lipinski definition) is 6. The summed E-state index contributed by atoms with van der Waals surface area (Å²) in [5.74, 6) is 2.08. The van der Waals surface area contributed by atoms with Crippen LogP contribution in [-0.2, 0) is 0 Å². The number of phenolic OH excluding ortho intramolecular Hbond substituents is 1. The molecule has 2 fully saturated rings. The number of halogens is 1. The molecular formula is C21H23FN4O2. The molecule has 7 heteroatoms. The maximum absolute atomic E-state index is 14.9.